The molecule has 2 heteroatoms. The van der Waals surface area contributed by atoms with Crippen molar-refractivity contribution in [2.24, 2.45) is 0 Å². The number of unbranched alkanes of at least 4 members (excludes halogenated alkanes) is 7. The second-order valence-electron chi connectivity index (χ2n) is 10.4. The number of aryl methyl sites for hydroxylation is 2. The van der Waals surface area contributed by atoms with E-state index in [4.69, 9.17) is 0 Å². The van der Waals surface area contributed by atoms with Gasteiger partial charge in [0.1, 0.15) is 0 Å². The Kier molecular flexibility index (Phi) is 15.3. The van der Waals surface area contributed by atoms with Gasteiger partial charge in [-0.25, -0.2) is 0 Å². The first-order chi connectivity index (χ1) is 18.2. The lowest BCUT2D eigenvalue weighted by Gasteiger charge is -2.18. The van der Waals surface area contributed by atoms with Crippen LogP contribution in [-0.4, -0.2) is 10.7 Å². The molecule has 0 spiro atoms. The molecule has 0 heterocycles. The largest absolute Gasteiger partial charge is 0.348 e. The van der Waals surface area contributed by atoms with Gasteiger partial charge in [-0.15, -0.1) is 4.79 Å². The third-order valence-corrected chi connectivity index (χ3v) is 7.26. The van der Waals surface area contributed by atoms with E-state index in [-0.39, 0.29) is 0 Å². The van der Waals surface area contributed by atoms with Crippen LogP contribution in [0.25, 0.3) is 11.1 Å². The van der Waals surface area contributed by atoms with Crippen LogP contribution in [-0.2, 0) is 12.8 Å². The summed E-state index contributed by atoms with van der Waals surface area (Å²) in [6.07, 6.45) is 17.3. The van der Waals surface area contributed by atoms with Gasteiger partial charge in [-0.05, 0) is 84.8 Å². The molecule has 0 atom stereocenters. The molecule has 0 N–H and O–H groups in total. The fraction of sp³-hybridized carbons (Fsp3) is 0.543. The third-order valence-electron chi connectivity index (χ3n) is 7.26. The van der Waals surface area contributed by atoms with E-state index < -0.39 is 0 Å². The van der Waals surface area contributed by atoms with Gasteiger partial charge in [0.2, 0.25) is 0 Å². The van der Waals surface area contributed by atoms with Gasteiger partial charge in [0.25, 0.3) is 0 Å². The number of hydrogen-bond acceptors (Lipinski definition) is 0. The van der Waals surface area contributed by atoms with Crippen molar-refractivity contribution in [1.29, 1.82) is 0 Å². The third kappa shape index (κ3) is 10.7. The molecule has 0 aliphatic heterocycles. The van der Waals surface area contributed by atoms with Crippen molar-refractivity contribution in [3.8, 4) is 0 Å². The molecule has 0 aliphatic carbocycles. The first-order valence-electron chi connectivity index (χ1n) is 15.1. The molecule has 0 aromatic heterocycles. The van der Waals surface area contributed by atoms with Crippen LogP contribution in [0.5, 0.6) is 0 Å². The van der Waals surface area contributed by atoms with Gasteiger partial charge in [-0.1, -0.05) is 121 Å². The Morgan fingerprint density at radius 1 is 0.649 bits per heavy atom. The maximum Gasteiger partial charge on any atom is 0.303 e. The molecular weight excluding hydrogens is 448 g/mol. The van der Waals surface area contributed by atoms with E-state index >= 15 is 0 Å². The summed E-state index contributed by atoms with van der Waals surface area (Å²) in [4.78, 5) is 3.41. The van der Waals surface area contributed by atoms with Crippen molar-refractivity contribution in [3.05, 3.63) is 87.5 Å². The molecule has 2 aromatic carbocycles. The summed E-state index contributed by atoms with van der Waals surface area (Å²) in [6.45, 7) is 9.00. The highest BCUT2D eigenvalue weighted by Crippen LogP contribution is 2.35. The van der Waals surface area contributed by atoms with Crippen molar-refractivity contribution in [1.82, 2.24) is 0 Å². The van der Waals surface area contributed by atoms with Crippen LogP contribution in [0.15, 0.2) is 59.7 Å². The first kappa shape index (κ1) is 30.6. The first-order valence-corrected chi connectivity index (χ1v) is 15.1. The zero-order valence-electron chi connectivity index (χ0n) is 24.1. The predicted molar refractivity (Wildman–Crippen MR) is 161 cm³/mol. The highest BCUT2D eigenvalue weighted by atomic mass is 14.8. The minimum absolute atomic E-state index is 0.894. The highest BCUT2D eigenvalue weighted by Gasteiger charge is 2.18. The molecule has 0 unspecified atom stereocenters. The van der Waals surface area contributed by atoms with Crippen molar-refractivity contribution in [2.45, 2.75) is 124 Å². The van der Waals surface area contributed by atoms with E-state index in [1.807, 2.05) is 0 Å². The summed E-state index contributed by atoms with van der Waals surface area (Å²) < 4.78 is 0. The quantitative estimate of drug-likeness (QED) is 0.0644. The molecule has 2 rings (SSSR count). The van der Waals surface area contributed by atoms with Crippen LogP contribution < -0.4 is 0 Å². The van der Waals surface area contributed by atoms with Gasteiger partial charge in [0.15, 0.2) is 0 Å². The van der Waals surface area contributed by atoms with Gasteiger partial charge < -0.3 is 5.53 Å². The van der Waals surface area contributed by atoms with Crippen molar-refractivity contribution in [2.75, 3.05) is 0 Å². The van der Waals surface area contributed by atoms with Gasteiger partial charge in [-0.3, -0.25) is 0 Å². The number of hydrogen-bond donors (Lipinski definition) is 0. The number of rotatable bonds is 18. The van der Waals surface area contributed by atoms with Crippen LogP contribution in [0.4, 0.5) is 0 Å². The average molecular weight is 499 g/mol. The Balaban J connectivity index is 2.63. The molecular formula is C35H50N2. The fourth-order valence-electron chi connectivity index (χ4n) is 5.04. The minimum atomic E-state index is 0.894. The lowest BCUT2D eigenvalue weighted by molar-refractivity contribution is 0.00739. The van der Waals surface area contributed by atoms with Crippen LogP contribution in [0, 0.1) is 0 Å². The SMILES string of the molecule is CCCCCCc1ccc(C(=C(CCCC)C(=C=[N+]=[N-])CCCCC)c2cccc(CCCC)c2)cc1. The molecule has 0 saturated heterocycles. The maximum absolute atomic E-state index is 9.56. The summed E-state index contributed by atoms with van der Waals surface area (Å²) in [5.74, 6) is 3.01. The molecule has 0 bridgehead atoms. The summed E-state index contributed by atoms with van der Waals surface area (Å²) in [6, 6.07) is 18.4. The predicted octanol–water partition coefficient (Wildman–Crippen LogP) is 10.6. The normalized spacial score (nSPS) is 11.6. The van der Waals surface area contributed by atoms with E-state index in [2.05, 4.69) is 86.9 Å². The van der Waals surface area contributed by atoms with Gasteiger partial charge >= 0.3 is 5.87 Å². The van der Waals surface area contributed by atoms with Crippen LogP contribution in [0.3, 0.4) is 0 Å². The summed E-state index contributed by atoms with van der Waals surface area (Å²) in [7, 11) is 0. The van der Waals surface area contributed by atoms with Crippen LogP contribution >= 0.6 is 0 Å². The van der Waals surface area contributed by atoms with Gasteiger partial charge in [0.05, 0.1) is 5.57 Å². The van der Waals surface area contributed by atoms with Crippen LogP contribution in [0.2, 0.25) is 0 Å². The highest BCUT2D eigenvalue weighted by molar-refractivity contribution is 5.87. The average Bonchev–Trinajstić information content (AvgIpc) is 2.92. The summed E-state index contributed by atoms with van der Waals surface area (Å²) in [5.41, 5.74) is 18.5. The Hall–Kier alpha value is -2.66. The smallest absolute Gasteiger partial charge is 0.303 e. The molecule has 2 aromatic rings. The van der Waals surface area contributed by atoms with Crippen molar-refractivity contribution < 1.29 is 4.79 Å². The minimum Gasteiger partial charge on any atom is -0.348 e. The zero-order valence-corrected chi connectivity index (χ0v) is 24.1. The Morgan fingerprint density at radius 3 is 2.00 bits per heavy atom. The van der Waals surface area contributed by atoms with Crippen LogP contribution in [0.1, 0.15) is 133 Å². The van der Waals surface area contributed by atoms with Gasteiger partial charge in [-0.2, -0.15) is 0 Å². The second kappa shape index (κ2) is 18.6. The topological polar surface area (TPSA) is 36.4 Å². The van der Waals surface area contributed by atoms with Crippen molar-refractivity contribution >= 4 is 11.4 Å². The van der Waals surface area contributed by atoms with E-state index in [0.29, 0.717) is 0 Å². The Morgan fingerprint density at radius 2 is 1.32 bits per heavy atom. The molecule has 0 amide bonds. The molecule has 0 fully saturated rings. The lowest BCUT2D eigenvalue weighted by atomic mass is 9.84. The van der Waals surface area contributed by atoms with E-state index in [1.54, 1.807) is 0 Å². The fourth-order valence-corrected chi connectivity index (χ4v) is 5.04. The van der Waals surface area contributed by atoms with Gasteiger partial charge in [0, 0.05) is 0 Å². The van der Waals surface area contributed by atoms with E-state index in [1.165, 1.54) is 84.8 Å². The molecule has 0 aliphatic rings. The Labute approximate surface area is 227 Å². The molecule has 0 saturated carbocycles. The molecule has 0 radical (unpaired) electrons. The maximum atomic E-state index is 9.56. The number of benzene rings is 2. The number of nitrogens with zero attached hydrogens (tertiary/aromatic N) is 2. The molecule has 37 heavy (non-hydrogen) atoms. The molecule has 200 valence electrons. The van der Waals surface area contributed by atoms with E-state index in [0.717, 1.165) is 50.5 Å². The van der Waals surface area contributed by atoms with Crippen molar-refractivity contribution in [3.63, 3.8) is 0 Å². The summed E-state index contributed by atoms with van der Waals surface area (Å²) >= 11 is 0. The standard InChI is InChI=1S/C35H50N2/c1-5-9-13-15-18-29-23-25-31(26-24-29)35(32-21-16-19-30(27-32)17-11-7-3)34(22-12-8-4)33(28-37-36)20-14-10-6-2/h16,19,21,23-27H,5-15,17-18,20,22H2,1-4H3. The molecule has 2 nitrogen and oxygen atoms in total. The summed E-state index contributed by atoms with van der Waals surface area (Å²) in [5, 5.41) is 0. The number of allylic oxidation sites excluding steroid dienone is 2. The zero-order chi connectivity index (χ0) is 26.7. The monoisotopic (exact) mass is 498 g/mol. The Bertz CT molecular complexity index is 1030. The van der Waals surface area contributed by atoms with E-state index in [9.17, 15) is 5.53 Å². The lowest BCUT2D eigenvalue weighted by Crippen LogP contribution is -2.02. The second-order valence-corrected chi connectivity index (χ2v) is 10.4.